The molecule has 0 heterocycles. The Kier molecular flexibility index (Phi) is 11.2. The van der Waals surface area contributed by atoms with Crippen LogP contribution in [0.5, 0.6) is 5.75 Å². The molecule has 0 spiro atoms. The molecule has 0 bridgehead atoms. The number of halogens is 2. The monoisotopic (exact) mass is 638 g/mol. The molecule has 0 saturated heterocycles. The maximum absolute atomic E-state index is 13.4. The zero-order chi connectivity index (χ0) is 30.7. The van der Waals surface area contributed by atoms with Crippen molar-refractivity contribution in [2.24, 2.45) is 5.10 Å². The van der Waals surface area contributed by atoms with E-state index in [9.17, 15) is 18.0 Å². The van der Waals surface area contributed by atoms with Crippen molar-refractivity contribution >= 4 is 56.9 Å². The second-order valence-electron chi connectivity index (χ2n) is 9.16. The Balaban J connectivity index is 1.30. The van der Waals surface area contributed by atoms with Gasteiger partial charge in [0.15, 0.2) is 6.61 Å². The third-order valence-corrected chi connectivity index (χ3v) is 8.57. The third-order valence-electron chi connectivity index (χ3n) is 6.04. The molecule has 2 N–H and O–H groups in total. The van der Waals surface area contributed by atoms with Crippen molar-refractivity contribution in [3.8, 4) is 5.75 Å². The number of hydrogen-bond acceptors (Lipinski definition) is 6. The van der Waals surface area contributed by atoms with Gasteiger partial charge >= 0.3 is 0 Å². The van der Waals surface area contributed by atoms with Crippen LogP contribution in [-0.2, 0) is 26.0 Å². The lowest BCUT2D eigenvalue weighted by Gasteiger charge is -2.24. The van der Waals surface area contributed by atoms with Crippen LogP contribution in [0.1, 0.15) is 11.1 Å². The molecule has 0 unspecified atom stereocenters. The largest absolute Gasteiger partial charge is 0.484 e. The van der Waals surface area contributed by atoms with E-state index in [4.69, 9.17) is 27.9 Å². The number of carbonyl (C=O) groups excluding carboxylic acids is 2. The summed E-state index contributed by atoms with van der Waals surface area (Å²) >= 11 is 12.1. The Morgan fingerprint density at radius 1 is 0.837 bits per heavy atom. The van der Waals surface area contributed by atoms with Crippen LogP contribution in [0.15, 0.2) is 113 Å². The Hall–Kier alpha value is -4.38. The summed E-state index contributed by atoms with van der Waals surface area (Å²) in [7, 11) is -4.11. The van der Waals surface area contributed by atoms with Crippen LogP contribution in [0.25, 0.3) is 0 Å². The normalized spacial score (nSPS) is 11.2. The fraction of sp³-hybridized carbons (Fsp3) is 0.129. The first-order valence-corrected chi connectivity index (χ1v) is 15.3. The number of hydrogen-bond donors (Lipinski definition) is 2. The number of amides is 2. The smallest absolute Gasteiger partial charge is 0.264 e. The number of carbonyl (C=O) groups is 2. The van der Waals surface area contributed by atoms with Gasteiger partial charge in [-0.3, -0.25) is 13.9 Å². The lowest BCUT2D eigenvalue weighted by Crippen LogP contribution is -2.39. The van der Waals surface area contributed by atoms with Crippen LogP contribution in [-0.4, -0.2) is 46.1 Å². The average Bonchev–Trinajstić information content (AvgIpc) is 3.02. The summed E-state index contributed by atoms with van der Waals surface area (Å²) in [6.45, 7) is -0.178. The number of hydrazone groups is 1. The topological polar surface area (TPSA) is 117 Å². The predicted molar refractivity (Wildman–Crippen MR) is 168 cm³/mol. The Labute approximate surface area is 260 Å². The number of sulfonamides is 1. The van der Waals surface area contributed by atoms with Crippen LogP contribution >= 0.6 is 23.2 Å². The molecule has 12 heteroatoms. The summed E-state index contributed by atoms with van der Waals surface area (Å²) < 4.78 is 33.2. The molecule has 222 valence electrons. The third kappa shape index (κ3) is 9.31. The van der Waals surface area contributed by atoms with Gasteiger partial charge in [-0.25, -0.2) is 13.8 Å². The second-order valence-corrected chi connectivity index (χ2v) is 11.8. The molecule has 0 saturated carbocycles. The fourth-order valence-corrected chi connectivity index (χ4v) is 5.59. The van der Waals surface area contributed by atoms with Crippen LogP contribution in [0, 0.1) is 0 Å². The van der Waals surface area contributed by atoms with E-state index in [0.29, 0.717) is 17.9 Å². The van der Waals surface area contributed by atoms with Crippen molar-refractivity contribution in [3.05, 3.63) is 124 Å². The summed E-state index contributed by atoms with van der Waals surface area (Å²) in [6.07, 6.45) is 2.13. The average molecular weight is 640 g/mol. The fourth-order valence-electron chi connectivity index (χ4n) is 3.86. The minimum atomic E-state index is -4.11. The molecular weight excluding hydrogens is 611 g/mol. The maximum Gasteiger partial charge on any atom is 0.264 e. The van der Waals surface area contributed by atoms with E-state index in [1.807, 2.05) is 30.3 Å². The van der Waals surface area contributed by atoms with Gasteiger partial charge in [0.2, 0.25) is 0 Å². The maximum atomic E-state index is 13.4. The van der Waals surface area contributed by atoms with Gasteiger partial charge in [-0.2, -0.15) is 5.10 Å². The number of benzene rings is 4. The lowest BCUT2D eigenvalue weighted by atomic mass is 10.1. The molecule has 4 aromatic rings. The molecule has 4 aromatic carbocycles. The van der Waals surface area contributed by atoms with Crippen LogP contribution in [0.3, 0.4) is 0 Å². The van der Waals surface area contributed by atoms with Crippen molar-refractivity contribution < 1.29 is 22.7 Å². The van der Waals surface area contributed by atoms with Crippen LogP contribution in [0.2, 0.25) is 10.0 Å². The zero-order valence-electron chi connectivity index (χ0n) is 22.8. The molecule has 2 amide bonds. The first kappa shape index (κ1) is 31.6. The van der Waals surface area contributed by atoms with Crippen molar-refractivity contribution in [2.45, 2.75) is 11.3 Å². The summed E-state index contributed by atoms with van der Waals surface area (Å²) in [5.41, 5.74) is 4.29. The van der Waals surface area contributed by atoms with Gasteiger partial charge in [-0.1, -0.05) is 71.7 Å². The molecule has 4 rings (SSSR count). The first-order chi connectivity index (χ1) is 20.7. The van der Waals surface area contributed by atoms with Gasteiger partial charge in [0.25, 0.3) is 21.8 Å². The van der Waals surface area contributed by atoms with E-state index in [2.05, 4.69) is 15.8 Å². The molecule has 0 aliphatic heterocycles. The highest BCUT2D eigenvalue weighted by atomic mass is 35.5. The number of anilines is 1. The molecule has 43 heavy (non-hydrogen) atoms. The Morgan fingerprint density at radius 3 is 2.19 bits per heavy atom. The molecular formula is C31H28Cl2N4O5S. The summed E-state index contributed by atoms with van der Waals surface area (Å²) in [5.74, 6) is -0.420. The van der Waals surface area contributed by atoms with E-state index >= 15 is 0 Å². The van der Waals surface area contributed by atoms with Crippen molar-refractivity contribution in [1.29, 1.82) is 0 Å². The van der Waals surface area contributed by atoms with Gasteiger partial charge in [0.05, 0.1) is 26.8 Å². The summed E-state index contributed by atoms with van der Waals surface area (Å²) in [4.78, 5) is 24.8. The van der Waals surface area contributed by atoms with E-state index in [1.165, 1.54) is 36.5 Å². The molecule has 0 aliphatic rings. The predicted octanol–water partition coefficient (Wildman–Crippen LogP) is 5.08. The van der Waals surface area contributed by atoms with Gasteiger partial charge in [-0.05, 0) is 72.1 Å². The van der Waals surface area contributed by atoms with Crippen molar-refractivity contribution in [3.63, 3.8) is 0 Å². The minimum Gasteiger partial charge on any atom is -0.484 e. The highest BCUT2D eigenvalue weighted by molar-refractivity contribution is 7.92. The number of nitrogens with one attached hydrogen (secondary N) is 2. The number of nitrogens with zero attached hydrogens (tertiary/aromatic N) is 2. The highest BCUT2D eigenvalue weighted by Crippen LogP contribution is 2.30. The summed E-state index contributed by atoms with van der Waals surface area (Å²) in [5, 5.41) is 7.15. The number of ether oxygens (including phenoxy) is 1. The van der Waals surface area contributed by atoms with Crippen molar-refractivity contribution in [1.82, 2.24) is 10.7 Å². The van der Waals surface area contributed by atoms with Gasteiger partial charge in [0, 0.05) is 6.54 Å². The van der Waals surface area contributed by atoms with Crippen molar-refractivity contribution in [2.75, 3.05) is 24.0 Å². The lowest BCUT2D eigenvalue weighted by molar-refractivity contribution is -0.123. The Morgan fingerprint density at radius 2 is 1.51 bits per heavy atom. The number of rotatable bonds is 13. The van der Waals surface area contributed by atoms with E-state index < -0.39 is 22.5 Å². The molecule has 0 radical (unpaired) electrons. The SMILES string of the molecule is O=C(COc1ccc(/C=N/NC(=O)CN(c2ccc(Cl)c(Cl)c2)S(=O)(=O)c2ccccc2)cc1)NCCc1ccccc1. The van der Waals surface area contributed by atoms with E-state index in [-0.39, 0.29) is 33.1 Å². The Bertz CT molecular complexity index is 1670. The standard InChI is InChI=1S/C31H28Cl2N4O5S/c32-28-16-13-25(19-29(28)33)37(43(40,41)27-9-5-2-6-10-27)21-30(38)36-35-20-24-11-14-26(15-12-24)42-22-31(39)34-18-17-23-7-3-1-4-8-23/h1-16,19-20H,17-18,21-22H2,(H,34,39)(H,36,38)/b35-20+. The second kappa shape index (κ2) is 15.2. The quantitative estimate of drug-likeness (QED) is 0.156. The molecule has 0 aliphatic carbocycles. The van der Waals surface area contributed by atoms with Crippen LogP contribution in [0.4, 0.5) is 5.69 Å². The van der Waals surface area contributed by atoms with Gasteiger partial charge in [0.1, 0.15) is 12.3 Å². The highest BCUT2D eigenvalue weighted by Gasteiger charge is 2.27. The minimum absolute atomic E-state index is 0.00403. The van der Waals surface area contributed by atoms with Gasteiger partial charge < -0.3 is 10.1 Å². The van der Waals surface area contributed by atoms with Gasteiger partial charge in [-0.15, -0.1) is 0 Å². The van der Waals surface area contributed by atoms with E-state index in [1.54, 1.807) is 42.5 Å². The molecule has 0 aromatic heterocycles. The van der Waals surface area contributed by atoms with E-state index in [0.717, 1.165) is 16.3 Å². The van der Waals surface area contributed by atoms with Crippen LogP contribution < -0.4 is 19.8 Å². The molecule has 9 nitrogen and oxygen atoms in total. The summed E-state index contributed by atoms with van der Waals surface area (Å²) in [6, 6.07) is 28.6. The first-order valence-electron chi connectivity index (χ1n) is 13.1. The zero-order valence-corrected chi connectivity index (χ0v) is 25.1. The molecule has 0 fully saturated rings. The molecule has 0 atom stereocenters.